The van der Waals surface area contributed by atoms with Crippen molar-refractivity contribution in [3.8, 4) is 0 Å². The summed E-state index contributed by atoms with van der Waals surface area (Å²) in [5, 5.41) is 0. The van der Waals surface area contributed by atoms with Crippen LogP contribution in [0.4, 0.5) is 0 Å². The minimum Gasteiger partial charge on any atom is -0.381 e. The van der Waals surface area contributed by atoms with Crippen LogP contribution < -0.4 is 0 Å². The van der Waals surface area contributed by atoms with Gasteiger partial charge in [-0.2, -0.15) is 0 Å². The van der Waals surface area contributed by atoms with E-state index in [1.54, 1.807) is 0 Å². The molecule has 0 unspecified atom stereocenters. The largest absolute Gasteiger partial charge is 0.381 e. The van der Waals surface area contributed by atoms with Gasteiger partial charge in [0.25, 0.3) is 0 Å². The van der Waals surface area contributed by atoms with Gasteiger partial charge in [-0.1, -0.05) is 41.5 Å². The second-order valence-electron chi connectivity index (χ2n) is 7.37. The molecule has 1 aliphatic carbocycles. The van der Waals surface area contributed by atoms with Crippen LogP contribution in [0.2, 0.25) is 0 Å². The van der Waals surface area contributed by atoms with Gasteiger partial charge < -0.3 is 4.74 Å². The molecule has 0 bridgehead atoms. The van der Waals surface area contributed by atoms with E-state index in [2.05, 4.69) is 41.5 Å². The molecule has 90 valence electrons. The van der Waals surface area contributed by atoms with E-state index in [0.29, 0.717) is 10.8 Å². The van der Waals surface area contributed by atoms with Gasteiger partial charge in [0, 0.05) is 6.61 Å². The van der Waals surface area contributed by atoms with Crippen molar-refractivity contribution < 1.29 is 4.74 Å². The summed E-state index contributed by atoms with van der Waals surface area (Å²) in [4.78, 5) is 0. The van der Waals surface area contributed by atoms with Crippen LogP contribution in [-0.2, 0) is 4.74 Å². The van der Waals surface area contributed by atoms with Crippen LogP contribution in [-0.4, -0.2) is 13.2 Å². The lowest BCUT2D eigenvalue weighted by atomic mass is 9.88. The van der Waals surface area contributed by atoms with Gasteiger partial charge in [-0.15, -0.1) is 0 Å². The summed E-state index contributed by atoms with van der Waals surface area (Å²) in [6.45, 7) is 15.6. The Morgan fingerprint density at radius 3 is 2.07 bits per heavy atom. The van der Waals surface area contributed by atoms with E-state index in [1.165, 1.54) is 12.8 Å². The minimum atomic E-state index is 0.312. The van der Waals surface area contributed by atoms with Gasteiger partial charge >= 0.3 is 0 Å². The number of rotatable bonds is 4. The first kappa shape index (κ1) is 13.0. The number of hydrogen-bond donors (Lipinski definition) is 0. The lowest BCUT2D eigenvalue weighted by molar-refractivity contribution is 0.0658. The minimum absolute atomic E-state index is 0.312. The Morgan fingerprint density at radius 2 is 1.67 bits per heavy atom. The predicted octanol–water partition coefficient (Wildman–Crippen LogP) is 4.12. The van der Waals surface area contributed by atoms with Crippen LogP contribution in [0.3, 0.4) is 0 Å². The zero-order chi connectivity index (χ0) is 11.7. The third kappa shape index (κ3) is 5.01. The number of hydrogen-bond acceptors (Lipinski definition) is 1. The van der Waals surface area contributed by atoms with Gasteiger partial charge in [-0.25, -0.2) is 0 Å². The second kappa shape index (κ2) is 4.45. The second-order valence-corrected chi connectivity index (χ2v) is 7.37. The standard InChI is InChI=1S/C14H28O/c1-13(2,3)10-15-8-7-11-9-12(11)14(4,5)6/h11-12H,7-10H2,1-6H3/t11-,12+/m1/s1. The third-order valence-corrected chi connectivity index (χ3v) is 3.20. The maximum absolute atomic E-state index is 5.71. The summed E-state index contributed by atoms with van der Waals surface area (Å²) < 4.78 is 5.71. The van der Waals surface area contributed by atoms with Crippen molar-refractivity contribution in [3.63, 3.8) is 0 Å². The normalized spacial score (nSPS) is 26.8. The van der Waals surface area contributed by atoms with Crippen LogP contribution >= 0.6 is 0 Å². The molecule has 1 aliphatic rings. The fourth-order valence-corrected chi connectivity index (χ4v) is 2.24. The van der Waals surface area contributed by atoms with Gasteiger partial charge in [-0.3, -0.25) is 0 Å². The first-order valence-corrected chi connectivity index (χ1v) is 6.28. The molecule has 1 fully saturated rings. The molecule has 0 N–H and O–H groups in total. The van der Waals surface area contributed by atoms with E-state index in [9.17, 15) is 0 Å². The molecular weight excluding hydrogens is 184 g/mol. The fourth-order valence-electron chi connectivity index (χ4n) is 2.24. The third-order valence-electron chi connectivity index (χ3n) is 3.20. The molecule has 0 saturated heterocycles. The van der Waals surface area contributed by atoms with Crippen molar-refractivity contribution >= 4 is 0 Å². The number of ether oxygens (including phenoxy) is 1. The molecule has 1 nitrogen and oxygen atoms in total. The molecule has 0 spiro atoms. The van der Waals surface area contributed by atoms with Crippen LogP contribution in [0.1, 0.15) is 54.4 Å². The molecule has 15 heavy (non-hydrogen) atoms. The van der Waals surface area contributed by atoms with E-state index in [-0.39, 0.29) is 0 Å². The van der Waals surface area contributed by atoms with Gasteiger partial charge in [-0.05, 0) is 35.5 Å². The Hall–Kier alpha value is -0.0400. The Morgan fingerprint density at radius 1 is 1.07 bits per heavy atom. The summed E-state index contributed by atoms with van der Waals surface area (Å²) >= 11 is 0. The van der Waals surface area contributed by atoms with E-state index in [1.807, 2.05) is 0 Å². The predicted molar refractivity (Wildman–Crippen MR) is 65.9 cm³/mol. The fraction of sp³-hybridized carbons (Fsp3) is 1.00. The molecule has 1 rings (SSSR count). The van der Waals surface area contributed by atoms with Crippen molar-refractivity contribution in [1.29, 1.82) is 0 Å². The lowest BCUT2D eigenvalue weighted by Gasteiger charge is -2.19. The molecule has 1 heteroatoms. The average molecular weight is 212 g/mol. The summed E-state index contributed by atoms with van der Waals surface area (Å²) in [5.41, 5.74) is 0.821. The molecule has 0 radical (unpaired) electrons. The highest BCUT2D eigenvalue weighted by molar-refractivity contribution is 4.93. The van der Waals surface area contributed by atoms with Crippen molar-refractivity contribution in [3.05, 3.63) is 0 Å². The van der Waals surface area contributed by atoms with Gasteiger partial charge in [0.15, 0.2) is 0 Å². The van der Waals surface area contributed by atoms with E-state index < -0.39 is 0 Å². The highest BCUT2D eigenvalue weighted by Gasteiger charge is 2.44. The Bertz CT molecular complexity index is 194. The molecule has 2 atom stereocenters. The molecule has 0 aliphatic heterocycles. The van der Waals surface area contributed by atoms with E-state index >= 15 is 0 Å². The Kier molecular flexibility index (Phi) is 3.86. The van der Waals surface area contributed by atoms with E-state index in [4.69, 9.17) is 4.74 Å². The van der Waals surface area contributed by atoms with Crippen LogP contribution in [0.25, 0.3) is 0 Å². The molecule has 0 amide bonds. The Labute approximate surface area is 95.6 Å². The summed E-state index contributed by atoms with van der Waals surface area (Å²) in [7, 11) is 0. The van der Waals surface area contributed by atoms with Gasteiger partial charge in [0.2, 0.25) is 0 Å². The maximum Gasteiger partial charge on any atom is 0.0514 e. The first-order chi connectivity index (χ1) is 6.70. The van der Waals surface area contributed by atoms with Crippen molar-refractivity contribution in [2.75, 3.05) is 13.2 Å². The summed E-state index contributed by atoms with van der Waals surface area (Å²) in [6, 6.07) is 0. The van der Waals surface area contributed by atoms with Crippen molar-refractivity contribution in [2.24, 2.45) is 22.7 Å². The zero-order valence-corrected chi connectivity index (χ0v) is 11.4. The monoisotopic (exact) mass is 212 g/mol. The Balaban J connectivity index is 2.05. The van der Waals surface area contributed by atoms with Crippen LogP contribution in [0, 0.1) is 22.7 Å². The van der Waals surface area contributed by atoms with Crippen molar-refractivity contribution in [1.82, 2.24) is 0 Å². The summed E-state index contributed by atoms with van der Waals surface area (Å²) in [5.74, 6) is 1.88. The molecule has 0 aromatic carbocycles. The molecule has 0 heterocycles. The molecule has 0 aromatic rings. The SMILES string of the molecule is CC(C)(C)COCC[C@@H]1C[C@@H]1C(C)(C)C. The highest BCUT2D eigenvalue weighted by atomic mass is 16.5. The average Bonchev–Trinajstić information content (AvgIpc) is 2.73. The van der Waals surface area contributed by atoms with E-state index in [0.717, 1.165) is 25.0 Å². The summed E-state index contributed by atoms with van der Waals surface area (Å²) in [6.07, 6.45) is 2.68. The topological polar surface area (TPSA) is 9.23 Å². The van der Waals surface area contributed by atoms with Crippen LogP contribution in [0.15, 0.2) is 0 Å². The van der Waals surface area contributed by atoms with Crippen molar-refractivity contribution in [2.45, 2.75) is 54.4 Å². The first-order valence-electron chi connectivity index (χ1n) is 6.28. The quantitative estimate of drug-likeness (QED) is 0.637. The zero-order valence-electron chi connectivity index (χ0n) is 11.4. The molecular formula is C14H28O. The van der Waals surface area contributed by atoms with Crippen LogP contribution in [0.5, 0.6) is 0 Å². The smallest absolute Gasteiger partial charge is 0.0514 e. The molecule has 1 saturated carbocycles. The maximum atomic E-state index is 5.71. The lowest BCUT2D eigenvalue weighted by Crippen LogP contribution is -2.15. The molecule has 0 aromatic heterocycles. The van der Waals surface area contributed by atoms with Gasteiger partial charge in [0.05, 0.1) is 6.61 Å². The highest BCUT2D eigenvalue weighted by Crippen LogP contribution is 2.52. The van der Waals surface area contributed by atoms with Gasteiger partial charge in [0.1, 0.15) is 0 Å².